The van der Waals surface area contributed by atoms with Gasteiger partial charge < -0.3 is 14.4 Å². The fourth-order valence-corrected chi connectivity index (χ4v) is 2.15. The molecule has 0 spiro atoms. The van der Waals surface area contributed by atoms with Crippen LogP contribution in [-0.2, 0) is 17.9 Å². The molecule has 2 rings (SSSR count). The number of hydrogen-bond donors (Lipinski definition) is 0. The van der Waals surface area contributed by atoms with Crippen LogP contribution in [0.3, 0.4) is 0 Å². The van der Waals surface area contributed by atoms with Gasteiger partial charge >= 0.3 is 5.97 Å². The molecule has 0 aliphatic heterocycles. The van der Waals surface area contributed by atoms with Gasteiger partial charge in [-0.25, -0.2) is 4.79 Å². The summed E-state index contributed by atoms with van der Waals surface area (Å²) in [6.45, 7) is 1.09. The number of rotatable bonds is 6. The van der Waals surface area contributed by atoms with E-state index in [0.29, 0.717) is 11.3 Å². The Morgan fingerprint density at radius 1 is 1.00 bits per heavy atom. The first-order valence-electron chi connectivity index (χ1n) is 7.13. The smallest absolute Gasteiger partial charge is 0.338 e. The molecule has 0 aliphatic rings. The van der Waals surface area contributed by atoms with Crippen LogP contribution >= 0.6 is 0 Å². The molecule has 116 valence electrons. The minimum absolute atomic E-state index is 0.273. The van der Waals surface area contributed by atoms with Crippen LogP contribution in [0, 0.1) is 0 Å². The van der Waals surface area contributed by atoms with Gasteiger partial charge in [-0.05, 0) is 49.5 Å². The highest BCUT2D eigenvalue weighted by Gasteiger charge is 2.09. The molecule has 0 atom stereocenters. The summed E-state index contributed by atoms with van der Waals surface area (Å²) in [5.74, 6) is 0.384. The Kier molecular flexibility index (Phi) is 5.55. The third-order valence-corrected chi connectivity index (χ3v) is 3.29. The summed E-state index contributed by atoms with van der Waals surface area (Å²) in [4.78, 5) is 14.2. The number of esters is 1. The van der Waals surface area contributed by atoms with E-state index in [2.05, 4.69) is 11.0 Å². The second kappa shape index (κ2) is 7.61. The first-order valence-corrected chi connectivity index (χ1v) is 7.13. The Bertz CT molecular complexity index is 620. The van der Waals surface area contributed by atoms with Crippen molar-refractivity contribution in [2.45, 2.75) is 13.2 Å². The number of carbonyl (C=O) groups is 1. The lowest BCUT2D eigenvalue weighted by Gasteiger charge is -2.14. The van der Waals surface area contributed by atoms with Crippen molar-refractivity contribution in [2.24, 2.45) is 0 Å². The Labute approximate surface area is 131 Å². The Balaban J connectivity index is 2.01. The third-order valence-electron chi connectivity index (χ3n) is 3.29. The highest BCUT2D eigenvalue weighted by atomic mass is 16.5. The zero-order valence-corrected chi connectivity index (χ0v) is 13.2. The van der Waals surface area contributed by atoms with Crippen LogP contribution in [-0.4, -0.2) is 32.1 Å². The van der Waals surface area contributed by atoms with Crippen molar-refractivity contribution in [2.75, 3.05) is 21.2 Å². The molecule has 4 heteroatoms. The molecule has 0 aromatic heterocycles. The average molecular weight is 299 g/mol. The molecule has 0 unspecified atom stereocenters. The molecule has 22 heavy (non-hydrogen) atoms. The number of nitrogens with zero attached hydrogens (tertiary/aromatic N) is 1. The van der Waals surface area contributed by atoms with Gasteiger partial charge in [0.05, 0.1) is 12.7 Å². The van der Waals surface area contributed by atoms with E-state index in [1.54, 1.807) is 31.4 Å². The van der Waals surface area contributed by atoms with Crippen molar-refractivity contribution in [3.05, 3.63) is 65.2 Å². The minimum atomic E-state index is -0.331. The second-order valence-corrected chi connectivity index (χ2v) is 5.31. The fourth-order valence-electron chi connectivity index (χ4n) is 2.15. The molecule has 0 saturated heterocycles. The SMILES string of the molecule is COc1ccc(C(=O)OCc2ccccc2CN(C)C)cc1. The maximum Gasteiger partial charge on any atom is 0.338 e. The van der Waals surface area contributed by atoms with E-state index in [1.165, 1.54) is 0 Å². The summed E-state index contributed by atoms with van der Waals surface area (Å²) in [5.41, 5.74) is 2.71. The van der Waals surface area contributed by atoms with Crippen LogP contribution in [0.25, 0.3) is 0 Å². The topological polar surface area (TPSA) is 38.8 Å². The molecule has 0 radical (unpaired) electrons. The summed E-state index contributed by atoms with van der Waals surface area (Å²) in [5, 5.41) is 0. The number of methoxy groups -OCH3 is 1. The van der Waals surface area contributed by atoms with E-state index in [1.807, 2.05) is 32.3 Å². The number of carbonyl (C=O) groups excluding carboxylic acids is 1. The zero-order valence-electron chi connectivity index (χ0n) is 13.2. The van der Waals surface area contributed by atoms with Gasteiger partial charge in [-0.15, -0.1) is 0 Å². The van der Waals surface area contributed by atoms with Crippen molar-refractivity contribution in [1.29, 1.82) is 0 Å². The van der Waals surface area contributed by atoms with E-state index < -0.39 is 0 Å². The molecular weight excluding hydrogens is 278 g/mol. The van der Waals surface area contributed by atoms with Gasteiger partial charge in [-0.2, -0.15) is 0 Å². The standard InChI is InChI=1S/C18H21NO3/c1-19(2)12-15-6-4-5-7-16(15)13-22-18(20)14-8-10-17(21-3)11-9-14/h4-11H,12-13H2,1-3H3. The predicted molar refractivity (Wildman–Crippen MR) is 85.9 cm³/mol. The number of benzene rings is 2. The molecule has 0 N–H and O–H groups in total. The van der Waals surface area contributed by atoms with E-state index in [0.717, 1.165) is 17.7 Å². The summed E-state index contributed by atoms with van der Waals surface area (Å²) < 4.78 is 10.5. The quantitative estimate of drug-likeness (QED) is 0.768. The summed E-state index contributed by atoms with van der Waals surface area (Å²) >= 11 is 0. The predicted octanol–water partition coefficient (Wildman–Crippen LogP) is 3.11. The van der Waals surface area contributed by atoms with E-state index in [4.69, 9.17) is 9.47 Å². The van der Waals surface area contributed by atoms with Crippen LogP contribution in [0.4, 0.5) is 0 Å². The van der Waals surface area contributed by atoms with Gasteiger partial charge in [0.2, 0.25) is 0 Å². The van der Waals surface area contributed by atoms with Crippen molar-refractivity contribution in [1.82, 2.24) is 4.90 Å². The summed E-state index contributed by atoms with van der Waals surface area (Å²) in [7, 11) is 5.62. The highest BCUT2D eigenvalue weighted by molar-refractivity contribution is 5.89. The molecular formula is C18H21NO3. The number of ether oxygens (including phenoxy) is 2. The fraction of sp³-hybridized carbons (Fsp3) is 0.278. The van der Waals surface area contributed by atoms with E-state index in [9.17, 15) is 4.79 Å². The van der Waals surface area contributed by atoms with Crippen molar-refractivity contribution in [3.63, 3.8) is 0 Å². The van der Waals surface area contributed by atoms with Gasteiger partial charge in [0.1, 0.15) is 12.4 Å². The summed E-state index contributed by atoms with van der Waals surface area (Å²) in [6.07, 6.45) is 0. The molecule has 0 bridgehead atoms. The molecule has 2 aromatic rings. The lowest BCUT2D eigenvalue weighted by molar-refractivity contribution is 0.0471. The highest BCUT2D eigenvalue weighted by Crippen LogP contribution is 2.15. The monoisotopic (exact) mass is 299 g/mol. The minimum Gasteiger partial charge on any atom is -0.497 e. The Morgan fingerprint density at radius 3 is 2.23 bits per heavy atom. The molecule has 2 aromatic carbocycles. The average Bonchev–Trinajstić information content (AvgIpc) is 2.53. The first kappa shape index (κ1) is 16.0. The maximum absolute atomic E-state index is 12.1. The Morgan fingerprint density at radius 2 is 1.64 bits per heavy atom. The molecule has 0 fully saturated rings. The van der Waals surface area contributed by atoms with Crippen LogP contribution in [0.5, 0.6) is 5.75 Å². The van der Waals surface area contributed by atoms with Gasteiger partial charge in [0.25, 0.3) is 0 Å². The van der Waals surface area contributed by atoms with Crippen molar-refractivity contribution >= 4 is 5.97 Å². The van der Waals surface area contributed by atoms with Gasteiger partial charge in [-0.3, -0.25) is 0 Å². The molecule has 0 heterocycles. The first-order chi connectivity index (χ1) is 10.6. The summed E-state index contributed by atoms with van der Waals surface area (Å²) in [6, 6.07) is 14.9. The van der Waals surface area contributed by atoms with Crippen LogP contribution in [0.15, 0.2) is 48.5 Å². The largest absolute Gasteiger partial charge is 0.497 e. The third kappa shape index (κ3) is 4.33. The van der Waals surface area contributed by atoms with Crippen LogP contribution in [0.1, 0.15) is 21.5 Å². The molecule has 0 saturated carbocycles. The van der Waals surface area contributed by atoms with Crippen LogP contribution < -0.4 is 4.74 Å². The molecule has 0 amide bonds. The van der Waals surface area contributed by atoms with Crippen molar-refractivity contribution < 1.29 is 14.3 Å². The normalized spacial score (nSPS) is 10.5. The molecule has 0 aliphatic carbocycles. The van der Waals surface area contributed by atoms with E-state index in [-0.39, 0.29) is 12.6 Å². The second-order valence-electron chi connectivity index (χ2n) is 5.31. The van der Waals surface area contributed by atoms with Crippen molar-refractivity contribution in [3.8, 4) is 5.75 Å². The lowest BCUT2D eigenvalue weighted by Crippen LogP contribution is -2.13. The maximum atomic E-state index is 12.1. The zero-order chi connectivity index (χ0) is 15.9. The Hall–Kier alpha value is -2.33. The lowest BCUT2D eigenvalue weighted by atomic mass is 10.1. The van der Waals surface area contributed by atoms with Crippen LogP contribution in [0.2, 0.25) is 0 Å². The van der Waals surface area contributed by atoms with Gasteiger partial charge in [0, 0.05) is 6.54 Å². The molecule has 4 nitrogen and oxygen atoms in total. The van der Waals surface area contributed by atoms with E-state index >= 15 is 0 Å². The van der Waals surface area contributed by atoms with Gasteiger partial charge in [-0.1, -0.05) is 24.3 Å². The number of hydrogen-bond acceptors (Lipinski definition) is 4. The van der Waals surface area contributed by atoms with Gasteiger partial charge in [0.15, 0.2) is 0 Å².